The van der Waals surface area contributed by atoms with Crippen molar-refractivity contribution in [1.82, 2.24) is 24.6 Å². The van der Waals surface area contributed by atoms with E-state index < -0.39 is 24.0 Å². The molecule has 12 heteroatoms. The highest BCUT2D eigenvalue weighted by molar-refractivity contribution is 5.96. The molecular weight excluding hydrogens is 540 g/mol. The third kappa shape index (κ3) is 7.12. The highest BCUT2D eigenvalue weighted by Gasteiger charge is 2.21. The van der Waals surface area contributed by atoms with E-state index in [2.05, 4.69) is 30.2 Å². The van der Waals surface area contributed by atoms with Gasteiger partial charge in [0, 0.05) is 35.8 Å². The molecule has 1 amide bonds. The van der Waals surface area contributed by atoms with Crippen LogP contribution >= 0.6 is 0 Å². The predicted molar refractivity (Wildman–Crippen MR) is 149 cm³/mol. The minimum Gasteiger partial charge on any atom is -0.432 e. The number of aromatic nitrogens is 3. The van der Waals surface area contributed by atoms with E-state index in [0.717, 1.165) is 43.5 Å². The van der Waals surface area contributed by atoms with Gasteiger partial charge in [-0.3, -0.25) is 9.20 Å². The lowest BCUT2D eigenvalue weighted by Gasteiger charge is -2.13. The predicted octanol–water partition coefficient (Wildman–Crippen LogP) is 6.04. The van der Waals surface area contributed by atoms with E-state index in [0.29, 0.717) is 35.7 Å². The summed E-state index contributed by atoms with van der Waals surface area (Å²) in [5, 5.41) is 6.18. The Bertz CT molecular complexity index is 1510. The molecule has 0 aliphatic heterocycles. The number of alkyl halides is 2. The highest BCUT2D eigenvalue weighted by atomic mass is 19.3. The van der Waals surface area contributed by atoms with Gasteiger partial charge < -0.3 is 20.3 Å². The van der Waals surface area contributed by atoms with Gasteiger partial charge in [-0.15, -0.1) is 0 Å². The molecule has 0 radical (unpaired) electrons. The summed E-state index contributed by atoms with van der Waals surface area (Å²) in [5.41, 5.74) is 2.43. The first-order valence-corrected chi connectivity index (χ1v) is 13.3. The van der Waals surface area contributed by atoms with Crippen molar-refractivity contribution in [3.63, 3.8) is 0 Å². The molecule has 0 fully saturated rings. The van der Waals surface area contributed by atoms with E-state index in [1.807, 2.05) is 27.1 Å². The van der Waals surface area contributed by atoms with Crippen molar-refractivity contribution in [3.05, 3.63) is 71.7 Å². The Hall–Kier alpha value is -4.19. The van der Waals surface area contributed by atoms with Crippen LogP contribution < -0.4 is 15.4 Å². The molecule has 0 aliphatic carbocycles. The number of hydrogen-bond donors (Lipinski definition) is 2. The molecule has 0 saturated carbocycles. The number of amides is 1. The molecule has 8 nitrogen and oxygen atoms in total. The second-order valence-corrected chi connectivity index (χ2v) is 9.70. The van der Waals surface area contributed by atoms with Gasteiger partial charge >= 0.3 is 6.61 Å². The van der Waals surface area contributed by atoms with Crippen molar-refractivity contribution >= 4 is 23.1 Å². The summed E-state index contributed by atoms with van der Waals surface area (Å²) in [6.45, 7) is 0.301. The first-order valence-electron chi connectivity index (χ1n) is 13.3. The number of hydrogen-bond acceptors (Lipinski definition) is 6. The maximum Gasteiger partial charge on any atom is 0.387 e. The number of imidazole rings is 1. The van der Waals surface area contributed by atoms with Crippen LogP contribution in [0.15, 0.2) is 48.9 Å². The molecule has 41 heavy (non-hydrogen) atoms. The van der Waals surface area contributed by atoms with Crippen molar-refractivity contribution in [2.24, 2.45) is 0 Å². The Balaban J connectivity index is 1.51. The van der Waals surface area contributed by atoms with Crippen molar-refractivity contribution in [2.75, 3.05) is 32.5 Å². The Morgan fingerprint density at radius 3 is 2.61 bits per heavy atom. The Morgan fingerprint density at radius 2 is 1.88 bits per heavy atom. The lowest BCUT2D eigenvalue weighted by molar-refractivity contribution is -0.0525. The molecule has 0 saturated heterocycles. The van der Waals surface area contributed by atoms with Crippen LogP contribution in [-0.4, -0.2) is 59.0 Å². The zero-order valence-electron chi connectivity index (χ0n) is 23.1. The van der Waals surface area contributed by atoms with Gasteiger partial charge in [0.2, 0.25) is 5.82 Å². The smallest absolute Gasteiger partial charge is 0.387 e. The van der Waals surface area contributed by atoms with Crippen LogP contribution in [0.3, 0.4) is 0 Å². The number of aryl methyl sites for hydroxylation is 1. The normalized spacial score (nSPS) is 11.4. The van der Waals surface area contributed by atoms with Crippen LogP contribution in [0, 0.1) is 11.6 Å². The standard InChI is InChI=1S/C29H32F4N6O2/c1-4-18-16-19(8-9-20(18)28(40)35-12-6-5-7-14-38(2)3)37-26-27-36-17-22(39(27)15-13-34-26)21-10-11-23(41-29(32)33)25(31)24(21)30/h8-11,13,15-17,29H,4-7,12,14H2,1-3H3,(H,34,37)(H,35,40). The minimum atomic E-state index is -3.29. The van der Waals surface area contributed by atoms with E-state index in [1.54, 1.807) is 12.1 Å². The number of fused-ring (bicyclic) bond motifs is 1. The fourth-order valence-corrected chi connectivity index (χ4v) is 4.47. The maximum absolute atomic E-state index is 14.8. The average Bonchev–Trinajstić information content (AvgIpc) is 3.37. The number of nitrogens with one attached hydrogen (secondary N) is 2. The number of benzene rings is 2. The van der Waals surface area contributed by atoms with Gasteiger partial charge in [-0.2, -0.15) is 13.2 Å². The number of halogens is 4. The fourth-order valence-electron chi connectivity index (χ4n) is 4.47. The molecule has 0 aliphatic rings. The van der Waals surface area contributed by atoms with E-state index in [1.165, 1.54) is 23.0 Å². The fraction of sp³-hybridized carbons (Fsp3) is 0.345. The Labute approximate surface area is 235 Å². The molecule has 0 atom stereocenters. The Morgan fingerprint density at radius 1 is 1.07 bits per heavy atom. The zero-order chi connectivity index (χ0) is 29.5. The van der Waals surface area contributed by atoms with Gasteiger partial charge in [0.05, 0.1) is 11.9 Å². The lowest BCUT2D eigenvalue weighted by Crippen LogP contribution is -2.25. The van der Waals surface area contributed by atoms with Crippen LogP contribution in [-0.2, 0) is 6.42 Å². The number of rotatable bonds is 13. The first-order chi connectivity index (χ1) is 19.7. The van der Waals surface area contributed by atoms with Crippen LogP contribution in [0.4, 0.5) is 29.1 Å². The van der Waals surface area contributed by atoms with Crippen LogP contribution in [0.1, 0.15) is 42.1 Å². The van der Waals surface area contributed by atoms with Crippen LogP contribution in [0.5, 0.6) is 5.75 Å². The van der Waals surface area contributed by atoms with Crippen LogP contribution in [0.2, 0.25) is 0 Å². The van der Waals surface area contributed by atoms with Gasteiger partial charge in [0.25, 0.3) is 5.91 Å². The Kier molecular flexibility index (Phi) is 9.77. The summed E-state index contributed by atoms with van der Waals surface area (Å²) in [7, 11) is 4.08. The van der Waals surface area contributed by atoms with Gasteiger partial charge in [0.15, 0.2) is 23.0 Å². The van der Waals surface area contributed by atoms with Crippen molar-refractivity contribution < 1.29 is 27.1 Å². The second kappa shape index (κ2) is 13.4. The largest absolute Gasteiger partial charge is 0.432 e. The van der Waals surface area contributed by atoms with Gasteiger partial charge in [0.1, 0.15) is 0 Å². The SMILES string of the molecule is CCc1cc(Nc2nccn3c(-c4ccc(OC(F)F)c(F)c4F)cnc23)ccc1C(=O)NCCCCCN(C)C. The van der Waals surface area contributed by atoms with Gasteiger partial charge in [-0.25, -0.2) is 14.4 Å². The molecule has 4 aromatic rings. The van der Waals surface area contributed by atoms with E-state index >= 15 is 0 Å². The number of carbonyl (C=O) groups is 1. The summed E-state index contributed by atoms with van der Waals surface area (Å²) < 4.78 is 59.7. The van der Waals surface area contributed by atoms with E-state index in [9.17, 15) is 22.4 Å². The number of carbonyl (C=O) groups excluding carboxylic acids is 1. The minimum absolute atomic E-state index is 0.127. The lowest BCUT2D eigenvalue weighted by atomic mass is 10.0. The summed E-state index contributed by atoms with van der Waals surface area (Å²) in [6, 6.07) is 7.46. The summed E-state index contributed by atoms with van der Waals surface area (Å²) in [5.74, 6) is -3.53. The molecule has 0 spiro atoms. The van der Waals surface area contributed by atoms with Gasteiger partial charge in [-0.1, -0.05) is 13.3 Å². The van der Waals surface area contributed by atoms with Crippen LogP contribution in [0.25, 0.3) is 16.9 Å². The number of anilines is 2. The van der Waals surface area contributed by atoms with E-state index in [-0.39, 0.29) is 17.2 Å². The van der Waals surface area contributed by atoms with Crippen molar-refractivity contribution in [1.29, 1.82) is 0 Å². The highest BCUT2D eigenvalue weighted by Crippen LogP contribution is 2.32. The van der Waals surface area contributed by atoms with Crippen molar-refractivity contribution in [3.8, 4) is 17.0 Å². The summed E-state index contributed by atoms with van der Waals surface area (Å²) in [6.07, 6.45) is 7.97. The third-order valence-corrected chi connectivity index (χ3v) is 6.53. The molecule has 2 aromatic heterocycles. The average molecular weight is 573 g/mol. The third-order valence-electron chi connectivity index (χ3n) is 6.53. The molecule has 2 N–H and O–H groups in total. The molecule has 218 valence electrons. The van der Waals surface area contributed by atoms with Crippen molar-refractivity contribution in [2.45, 2.75) is 39.2 Å². The molecular formula is C29H32F4N6O2. The van der Waals surface area contributed by atoms with Gasteiger partial charge in [-0.05, 0) is 75.8 Å². The monoisotopic (exact) mass is 572 g/mol. The van der Waals surface area contributed by atoms with E-state index in [4.69, 9.17) is 0 Å². The quantitative estimate of drug-likeness (QED) is 0.150. The number of unbranched alkanes of at least 4 members (excludes halogenated alkanes) is 2. The molecule has 0 unspecified atom stereocenters. The number of ether oxygens (including phenoxy) is 1. The second-order valence-electron chi connectivity index (χ2n) is 9.70. The molecule has 2 heterocycles. The maximum atomic E-state index is 14.8. The molecule has 0 bridgehead atoms. The number of nitrogens with zero attached hydrogens (tertiary/aromatic N) is 4. The summed E-state index contributed by atoms with van der Waals surface area (Å²) >= 11 is 0. The zero-order valence-corrected chi connectivity index (χ0v) is 23.1. The first kappa shape index (κ1) is 29.8. The molecule has 4 rings (SSSR count). The summed E-state index contributed by atoms with van der Waals surface area (Å²) in [4.78, 5) is 23.6. The topological polar surface area (TPSA) is 83.8 Å². The molecule has 2 aromatic carbocycles.